The van der Waals surface area contributed by atoms with E-state index < -0.39 is 11.0 Å². The lowest BCUT2D eigenvalue weighted by Gasteiger charge is -2.14. The molecule has 0 aliphatic rings. The normalized spacial score (nSPS) is 11.7. The first-order chi connectivity index (χ1) is 8.45. The highest BCUT2D eigenvalue weighted by Gasteiger charge is 2.16. The van der Waals surface area contributed by atoms with Crippen molar-refractivity contribution < 1.29 is 9.72 Å². The Kier molecular flexibility index (Phi) is 4.85. The number of carbonyl (C=O) groups is 1. The summed E-state index contributed by atoms with van der Waals surface area (Å²) in [5.41, 5.74) is -0.198. The molecule has 0 saturated carbocycles. The van der Waals surface area contributed by atoms with Gasteiger partial charge < -0.3 is 10.6 Å². The van der Waals surface area contributed by atoms with Crippen LogP contribution in [-0.4, -0.2) is 28.4 Å². The van der Waals surface area contributed by atoms with E-state index in [9.17, 15) is 14.9 Å². The molecule has 0 aliphatic heterocycles. The van der Waals surface area contributed by atoms with Gasteiger partial charge in [0.15, 0.2) is 0 Å². The first-order valence-electron chi connectivity index (χ1n) is 5.30. The van der Waals surface area contributed by atoms with Crippen molar-refractivity contribution in [3.63, 3.8) is 0 Å². The van der Waals surface area contributed by atoms with Gasteiger partial charge in [0.25, 0.3) is 5.69 Å². The number of anilines is 1. The fourth-order valence-corrected chi connectivity index (χ4v) is 1.45. The van der Waals surface area contributed by atoms with E-state index in [0.717, 1.165) is 6.20 Å². The summed E-state index contributed by atoms with van der Waals surface area (Å²) in [5, 5.41) is 16.0. The number of rotatable bonds is 5. The molecule has 0 radical (unpaired) electrons. The molecule has 1 aromatic rings. The molecular weight excluding hydrogens is 260 g/mol. The third-order valence-electron chi connectivity index (χ3n) is 2.14. The van der Waals surface area contributed by atoms with Crippen LogP contribution >= 0.6 is 11.6 Å². The molecular formula is C10H13ClN4O3. The summed E-state index contributed by atoms with van der Waals surface area (Å²) in [5.74, 6) is 0.0368. The van der Waals surface area contributed by atoms with Gasteiger partial charge >= 0.3 is 0 Å². The second-order valence-electron chi connectivity index (χ2n) is 3.54. The Hall–Kier alpha value is -1.89. The third kappa shape index (κ3) is 3.56. The third-order valence-corrected chi connectivity index (χ3v) is 2.42. The van der Waals surface area contributed by atoms with Crippen LogP contribution in [0.15, 0.2) is 12.3 Å². The second kappa shape index (κ2) is 6.15. The largest absolute Gasteiger partial charge is 0.357 e. The van der Waals surface area contributed by atoms with Crippen molar-refractivity contribution in [3.05, 3.63) is 27.4 Å². The van der Waals surface area contributed by atoms with Crippen LogP contribution in [0.2, 0.25) is 5.02 Å². The molecule has 8 heteroatoms. The van der Waals surface area contributed by atoms with E-state index in [1.807, 2.05) is 6.92 Å². The Morgan fingerprint density at radius 2 is 2.33 bits per heavy atom. The molecule has 0 bridgehead atoms. The summed E-state index contributed by atoms with van der Waals surface area (Å²) in [4.78, 5) is 25.2. The molecule has 1 aromatic heterocycles. The number of likely N-dealkylation sites (N-methyl/N-ethyl adjacent to an activating group) is 1. The fraction of sp³-hybridized carbons (Fsp3) is 0.400. The Morgan fingerprint density at radius 1 is 1.67 bits per heavy atom. The zero-order chi connectivity index (χ0) is 13.7. The van der Waals surface area contributed by atoms with Crippen LogP contribution in [0.3, 0.4) is 0 Å². The first kappa shape index (κ1) is 14.2. The number of carbonyl (C=O) groups excluding carboxylic acids is 1. The lowest BCUT2D eigenvalue weighted by molar-refractivity contribution is -0.385. The minimum Gasteiger partial charge on any atom is -0.357 e. The minimum atomic E-state index is -0.587. The van der Waals surface area contributed by atoms with Crippen LogP contribution in [-0.2, 0) is 4.79 Å². The topological polar surface area (TPSA) is 97.2 Å². The van der Waals surface area contributed by atoms with Crippen LogP contribution in [0.25, 0.3) is 0 Å². The zero-order valence-electron chi connectivity index (χ0n) is 9.94. The van der Waals surface area contributed by atoms with Crippen molar-refractivity contribution in [1.82, 2.24) is 10.3 Å². The molecule has 1 unspecified atom stereocenters. The van der Waals surface area contributed by atoms with Gasteiger partial charge in [0.2, 0.25) is 5.91 Å². The van der Waals surface area contributed by atoms with E-state index >= 15 is 0 Å². The molecule has 0 aliphatic carbocycles. The van der Waals surface area contributed by atoms with Crippen molar-refractivity contribution in [2.75, 3.05) is 11.9 Å². The Labute approximate surface area is 109 Å². The number of pyridine rings is 1. The minimum absolute atomic E-state index is 0.0975. The fourth-order valence-electron chi connectivity index (χ4n) is 1.23. The maximum absolute atomic E-state index is 11.5. The number of nitrogens with zero attached hydrogens (tertiary/aromatic N) is 2. The van der Waals surface area contributed by atoms with Gasteiger partial charge in [-0.15, -0.1) is 0 Å². The van der Waals surface area contributed by atoms with Gasteiger partial charge in [-0.05, 0) is 13.8 Å². The van der Waals surface area contributed by atoms with Crippen molar-refractivity contribution in [3.8, 4) is 0 Å². The number of nitrogens with one attached hydrogen (secondary N) is 2. The predicted octanol–water partition coefficient (Wildman–Crippen LogP) is 1.58. The summed E-state index contributed by atoms with van der Waals surface area (Å²) in [6.07, 6.45) is 1.08. The maximum atomic E-state index is 11.5. The van der Waals surface area contributed by atoms with Crippen molar-refractivity contribution in [2.45, 2.75) is 19.9 Å². The first-order valence-corrected chi connectivity index (χ1v) is 5.67. The number of hydrogen-bond acceptors (Lipinski definition) is 5. The Balaban J connectivity index is 2.79. The molecule has 2 N–H and O–H groups in total. The summed E-state index contributed by atoms with van der Waals surface area (Å²) in [6, 6.07) is 0.651. The second-order valence-corrected chi connectivity index (χ2v) is 3.95. The zero-order valence-corrected chi connectivity index (χ0v) is 10.7. The summed E-state index contributed by atoms with van der Waals surface area (Å²) >= 11 is 5.84. The molecule has 0 saturated heterocycles. The Morgan fingerprint density at radius 3 is 2.83 bits per heavy atom. The highest BCUT2D eigenvalue weighted by atomic mass is 35.5. The number of nitro groups is 1. The molecule has 0 spiro atoms. The SMILES string of the molecule is CCNC(=O)C(C)Nc1ncc([N+](=O)[O-])cc1Cl. The number of aromatic nitrogens is 1. The predicted molar refractivity (Wildman–Crippen MR) is 67.7 cm³/mol. The highest BCUT2D eigenvalue weighted by Crippen LogP contribution is 2.24. The van der Waals surface area contributed by atoms with E-state index in [0.29, 0.717) is 6.54 Å². The molecule has 0 aromatic carbocycles. The van der Waals surface area contributed by atoms with E-state index in [-0.39, 0.29) is 22.4 Å². The van der Waals surface area contributed by atoms with Crippen molar-refractivity contribution in [1.29, 1.82) is 0 Å². The van der Waals surface area contributed by atoms with Crippen LogP contribution < -0.4 is 10.6 Å². The van der Waals surface area contributed by atoms with Gasteiger partial charge in [-0.3, -0.25) is 14.9 Å². The van der Waals surface area contributed by atoms with Crippen LogP contribution in [0.1, 0.15) is 13.8 Å². The quantitative estimate of drug-likeness (QED) is 0.626. The molecule has 18 heavy (non-hydrogen) atoms. The standard InChI is InChI=1S/C10H13ClN4O3/c1-3-12-10(16)6(2)14-9-8(11)4-7(5-13-9)15(17)18/h4-6H,3H2,1-2H3,(H,12,16)(H,13,14). The van der Waals surface area contributed by atoms with Crippen molar-refractivity contribution >= 4 is 29.0 Å². The molecule has 1 atom stereocenters. The maximum Gasteiger partial charge on any atom is 0.289 e. The number of hydrogen-bond donors (Lipinski definition) is 2. The highest BCUT2D eigenvalue weighted by molar-refractivity contribution is 6.33. The molecule has 1 rings (SSSR count). The number of amides is 1. The molecule has 98 valence electrons. The van der Waals surface area contributed by atoms with Gasteiger partial charge in [0, 0.05) is 12.6 Å². The average Bonchev–Trinajstić information content (AvgIpc) is 2.31. The van der Waals surface area contributed by atoms with E-state index in [1.165, 1.54) is 6.07 Å². The molecule has 1 heterocycles. The summed E-state index contributed by atoms with van der Waals surface area (Å²) in [7, 11) is 0. The van der Waals surface area contributed by atoms with Crippen LogP contribution in [0.4, 0.5) is 11.5 Å². The van der Waals surface area contributed by atoms with E-state index in [4.69, 9.17) is 11.6 Å². The lowest BCUT2D eigenvalue weighted by Crippen LogP contribution is -2.37. The molecule has 0 fully saturated rings. The molecule has 1 amide bonds. The van der Waals surface area contributed by atoms with Gasteiger partial charge in [-0.25, -0.2) is 4.98 Å². The average molecular weight is 273 g/mol. The smallest absolute Gasteiger partial charge is 0.289 e. The van der Waals surface area contributed by atoms with Gasteiger partial charge in [0.05, 0.1) is 9.95 Å². The summed E-state index contributed by atoms with van der Waals surface area (Å²) < 4.78 is 0. The summed E-state index contributed by atoms with van der Waals surface area (Å²) in [6.45, 7) is 3.97. The van der Waals surface area contributed by atoms with E-state index in [2.05, 4.69) is 15.6 Å². The lowest BCUT2D eigenvalue weighted by atomic mass is 10.3. The van der Waals surface area contributed by atoms with Gasteiger partial charge in [0.1, 0.15) is 18.1 Å². The van der Waals surface area contributed by atoms with E-state index in [1.54, 1.807) is 6.92 Å². The van der Waals surface area contributed by atoms with Crippen LogP contribution in [0, 0.1) is 10.1 Å². The Bertz CT molecular complexity index is 466. The van der Waals surface area contributed by atoms with Crippen molar-refractivity contribution in [2.24, 2.45) is 0 Å². The monoisotopic (exact) mass is 272 g/mol. The number of halogens is 1. The van der Waals surface area contributed by atoms with Gasteiger partial charge in [-0.2, -0.15) is 0 Å². The van der Waals surface area contributed by atoms with Crippen LogP contribution in [0.5, 0.6) is 0 Å². The molecule has 7 nitrogen and oxygen atoms in total. The van der Waals surface area contributed by atoms with Gasteiger partial charge in [-0.1, -0.05) is 11.6 Å².